The van der Waals surface area contributed by atoms with Crippen molar-refractivity contribution < 1.29 is 0 Å². The maximum Gasteiger partial charge on any atom is 0.160 e. The van der Waals surface area contributed by atoms with Crippen LogP contribution in [0.15, 0.2) is 240 Å². The van der Waals surface area contributed by atoms with E-state index in [4.69, 9.17) is 9.97 Å². The molecule has 0 saturated heterocycles. The molecule has 2 aliphatic rings. The Labute approximate surface area is 366 Å². The van der Waals surface area contributed by atoms with Crippen LogP contribution in [0.25, 0.3) is 78.4 Å². The van der Waals surface area contributed by atoms with Crippen molar-refractivity contribution in [3.63, 3.8) is 0 Å². The molecule has 1 spiro atoms. The molecule has 0 N–H and O–H groups in total. The first-order valence-corrected chi connectivity index (χ1v) is 22.0. The van der Waals surface area contributed by atoms with Gasteiger partial charge in [-0.1, -0.05) is 206 Å². The van der Waals surface area contributed by atoms with Crippen LogP contribution in [0.2, 0.25) is 0 Å². The fourth-order valence-electron chi connectivity index (χ4n) is 9.80. The van der Waals surface area contributed by atoms with Gasteiger partial charge in [-0.15, -0.1) is 0 Å². The van der Waals surface area contributed by atoms with Gasteiger partial charge in [0.05, 0.1) is 16.8 Å². The lowest BCUT2D eigenvalue weighted by molar-refractivity contribution is 0.723. The third-order valence-corrected chi connectivity index (χ3v) is 13.7. The summed E-state index contributed by atoms with van der Waals surface area (Å²) in [6, 6.07) is 83.3. The lowest BCUT2D eigenvalue weighted by Crippen LogP contribution is -2.32. The zero-order valence-corrected chi connectivity index (χ0v) is 34.6. The molecule has 1 aromatic heterocycles. The van der Waals surface area contributed by atoms with Gasteiger partial charge in [0.1, 0.15) is 0 Å². The van der Waals surface area contributed by atoms with Crippen LogP contribution in [0.4, 0.5) is 0 Å². The van der Waals surface area contributed by atoms with Crippen molar-refractivity contribution in [1.29, 1.82) is 0 Å². The summed E-state index contributed by atoms with van der Waals surface area (Å²) in [7, 11) is 0. The van der Waals surface area contributed by atoms with Crippen LogP contribution in [0.3, 0.4) is 0 Å². The van der Waals surface area contributed by atoms with E-state index >= 15 is 0 Å². The van der Waals surface area contributed by atoms with Gasteiger partial charge in [0, 0.05) is 26.5 Å². The number of nitrogens with zero attached hydrogens (tertiary/aromatic N) is 2. The Morgan fingerprint density at radius 3 is 1.42 bits per heavy atom. The van der Waals surface area contributed by atoms with E-state index in [1.54, 1.807) is 0 Å². The molecular formula is C59H38N2S. The number of aromatic nitrogens is 2. The van der Waals surface area contributed by atoms with Crippen molar-refractivity contribution in [2.24, 2.45) is 0 Å². The van der Waals surface area contributed by atoms with Gasteiger partial charge in [-0.3, -0.25) is 0 Å². The molecule has 10 aromatic rings. The van der Waals surface area contributed by atoms with Crippen LogP contribution >= 0.6 is 11.8 Å². The summed E-state index contributed by atoms with van der Waals surface area (Å²) in [5, 5.41) is 0. The van der Waals surface area contributed by atoms with E-state index in [9.17, 15) is 0 Å². The molecule has 290 valence electrons. The van der Waals surface area contributed by atoms with E-state index < -0.39 is 5.41 Å². The van der Waals surface area contributed by atoms with Gasteiger partial charge in [0.25, 0.3) is 0 Å². The normalized spacial score (nSPS) is 12.9. The molecule has 0 saturated carbocycles. The van der Waals surface area contributed by atoms with Crippen LogP contribution in [-0.2, 0) is 5.41 Å². The molecule has 3 heteroatoms. The standard InChI is InChI=1S/C59H38N2S/c1-3-17-39(18-4-1)46-25-7-8-28-49(46)55-38-54(40-19-5-2-6-20-40)60-58(61-55)45-24-16-23-43(36-45)41-21-15-22-42(35-41)44-33-34-57-53(37-44)59(52-31-13-14-32-56(52)62-57)50-29-11-9-26-47(50)48-27-10-12-30-51(48)59/h1-38H. The lowest BCUT2D eigenvalue weighted by atomic mass is 9.67. The molecule has 62 heavy (non-hydrogen) atoms. The SMILES string of the molecule is c1ccc(-c2cc(-c3ccccc3-c3ccccc3)nc(-c3cccc(-c4cccc(-c5ccc6c(c5)C5(c7ccccc7S6)c6ccccc6-c6ccccc65)c4)c3)n2)cc1. The van der Waals surface area contributed by atoms with Crippen LogP contribution in [0.1, 0.15) is 22.3 Å². The molecule has 2 heterocycles. The second-order valence-corrected chi connectivity index (χ2v) is 17.1. The summed E-state index contributed by atoms with van der Waals surface area (Å²) in [5.41, 5.74) is 19.4. The Morgan fingerprint density at radius 2 is 0.742 bits per heavy atom. The van der Waals surface area contributed by atoms with Crippen molar-refractivity contribution in [3.8, 4) is 78.4 Å². The van der Waals surface area contributed by atoms with Gasteiger partial charge >= 0.3 is 0 Å². The number of benzene rings is 9. The van der Waals surface area contributed by atoms with Gasteiger partial charge in [0.2, 0.25) is 0 Å². The average molecular weight is 807 g/mol. The second-order valence-electron chi connectivity index (χ2n) is 16.1. The quantitative estimate of drug-likeness (QED) is 0.167. The molecule has 1 aliphatic carbocycles. The maximum absolute atomic E-state index is 5.30. The summed E-state index contributed by atoms with van der Waals surface area (Å²) >= 11 is 1.88. The van der Waals surface area contributed by atoms with Gasteiger partial charge in [-0.2, -0.15) is 0 Å². The monoisotopic (exact) mass is 806 g/mol. The first kappa shape index (κ1) is 36.3. The van der Waals surface area contributed by atoms with Crippen LogP contribution in [0, 0.1) is 0 Å². The molecule has 0 atom stereocenters. The zero-order chi connectivity index (χ0) is 41.0. The summed E-state index contributed by atoms with van der Waals surface area (Å²) in [6.07, 6.45) is 0. The Hall–Kier alpha value is -7.59. The van der Waals surface area contributed by atoms with E-state index in [-0.39, 0.29) is 0 Å². The van der Waals surface area contributed by atoms with Crippen molar-refractivity contribution in [2.45, 2.75) is 15.2 Å². The molecular weight excluding hydrogens is 769 g/mol. The predicted molar refractivity (Wildman–Crippen MR) is 256 cm³/mol. The van der Waals surface area contributed by atoms with Gasteiger partial charge in [-0.25, -0.2) is 9.97 Å². The van der Waals surface area contributed by atoms with E-state index in [0.717, 1.165) is 50.3 Å². The Balaban J connectivity index is 0.968. The van der Waals surface area contributed by atoms with Crippen molar-refractivity contribution >= 4 is 11.8 Å². The third kappa shape index (κ3) is 5.89. The number of hydrogen-bond donors (Lipinski definition) is 0. The van der Waals surface area contributed by atoms with Gasteiger partial charge < -0.3 is 0 Å². The third-order valence-electron chi connectivity index (χ3n) is 12.6. The zero-order valence-electron chi connectivity index (χ0n) is 33.7. The van der Waals surface area contributed by atoms with Gasteiger partial charge in [0.15, 0.2) is 5.82 Å². The minimum absolute atomic E-state index is 0.416. The largest absolute Gasteiger partial charge is 0.228 e. The van der Waals surface area contributed by atoms with Crippen molar-refractivity contribution in [3.05, 3.63) is 253 Å². The maximum atomic E-state index is 5.30. The average Bonchev–Trinajstić information content (AvgIpc) is 3.65. The highest BCUT2D eigenvalue weighted by atomic mass is 32.2. The first-order chi connectivity index (χ1) is 30.7. The molecule has 0 unspecified atom stereocenters. The Bertz CT molecular complexity index is 3290. The Morgan fingerprint density at radius 1 is 0.274 bits per heavy atom. The minimum Gasteiger partial charge on any atom is -0.228 e. The van der Waals surface area contributed by atoms with E-state index in [1.165, 1.54) is 54.3 Å². The smallest absolute Gasteiger partial charge is 0.160 e. The highest BCUT2D eigenvalue weighted by Crippen LogP contribution is 2.62. The topological polar surface area (TPSA) is 25.8 Å². The van der Waals surface area contributed by atoms with Crippen LogP contribution < -0.4 is 0 Å². The fraction of sp³-hybridized carbons (Fsp3) is 0.0169. The van der Waals surface area contributed by atoms with Crippen LogP contribution in [-0.4, -0.2) is 9.97 Å². The molecule has 2 nitrogen and oxygen atoms in total. The summed E-state index contributed by atoms with van der Waals surface area (Å²) in [5.74, 6) is 0.692. The first-order valence-electron chi connectivity index (χ1n) is 21.1. The Kier molecular flexibility index (Phi) is 8.69. The number of fused-ring (bicyclic) bond motifs is 9. The van der Waals surface area contributed by atoms with E-state index in [1.807, 2.05) is 17.8 Å². The minimum atomic E-state index is -0.416. The lowest BCUT2D eigenvalue weighted by Gasteiger charge is -2.40. The summed E-state index contributed by atoms with van der Waals surface area (Å²) in [4.78, 5) is 13.1. The molecule has 9 aromatic carbocycles. The van der Waals surface area contributed by atoms with Crippen molar-refractivity contribution in [1.82, 2.24) is 9.97 Å². The van der Waals surface area contributed by atoms with Crippen LogP contribution in [0.5, 0.6) is 0 Å². The molecule has 0 amide bonds. The van der Waals surface area contributed by atoms with Gasteiger partial charge in [-0.05, 0) is 103 Å². The number of hydrogen-bond acceptors (Lipinski definition) is 3. The fourth-order valence-corrected chi connectivity index (χ4v) is 11.0. The molecule has 0 fully saturated rings. The molecule has 0 bridgehead atoms. The highest BCUT2D eigenvalue weighted by molar-refractivity contribution is 7.99. The molecule has 0 radical (unpaired) electrons. The summed E-state index contributed by atoms with van der Waals surface area (Å²) in [6.45, 7) is 0. The highest BCUT2D eigenvalue weighted by Gasteiger charge is 2.50. The van der Waals surface area contributed by atoms with E-state index in [0.29, 0.717) is 5.82 Å². The molecule has 1 aliphatic heterocycles. The molecule has 12 rings (SSSR count). The predicted octanol–water partition coefficient (Wildman–Crippen LogP) is 15.3. The van der Waals surface area contributed by atoms with E-state index in [2.05, 4.69) is 224 Å². The second kappa shape index (κ2) is 14.8. The summed E-state index contributed by atoms with van der Waals surface area (Å²) < 4.78 is 0. The number of rotatable bonds is 6. The van der Waals surface area contributed by atoms with Crippen molar-refractivity contribution in [2.75, 3.05) is 0 Å².